The zero-order chi connectivity index (χ0) is 14.5. The number of hydrogen-bond donors (Lipinski definition) is 1. The summed E-state index contributed by atoms with van der Waals surface area (Å²) in [5, 5.41) is 3.29. The summed E-state index contributed by atoms with van der Waals surface area (Å²) in [4.78, 5) is 18.5. The lowest BCUT2D eigenvalue weighted by Gasteiger charge is -2.28. The van der Waals surface area contributed by atoms with E-state index >= 15 is 0 Å². The molecule has 2 rings (SSSR count). The van der Waals surface area contributed by atoms with Crippen molar-refractivity contribution in [3.05, 3.63) is 22.7 Å². The highest BCUT2D eigenvalue weighted by atomic mass is 16.5. The molecule has 1 atom stereocenters. The van der Waals surface area contributed by atoms with Crippen molar-refractivity contribution in [1.29, 1.82) is 0 Å². The van der Waals surface area contributed by atoms with Gasteiger partial charge < -0.3 is 19.5 Å². The van der Waals surface area contributed by atoms with Gasteiger partial charge in [-0.15, -0.1) is 0 Å². The molecule has 0 aromatic carbocycles. The maximum Gasteiger partial charge on any atom is 0.293 e. The molecule has 1 aliphatic rings. The zero-order valence-electron chi connectivity index (χ0n) is 12.5. The molecule has 0 radical (unpaired) electrons. The molecule has 0 amide bonds. The standard InChI is InChI=1S/C14H24N4O2/c1-11(2)9-18-6-4-16-13(14(18)19)17(3)10-12-8-15-5-7-20-12/h4,6,11-12,15H,5,7-10H2,1-3H3. The van der Waals surface area contributed by atoms with Crippen LogP contribution in [0.15, 0.2) is 17.2 Å². The molecule has 1 saturated heterocycles. The van der Waals surface area contributed by atoms with Gasteiger partial charge in [-0.1, -0.05) is 13.8 Å². The molecule has 2 heterocycles. The number of ether oxygens (including phenoxy) is 1. The van der Waals surface area contributed by atoms with Gasteiger partial charge in [-0.25, -0.2) is 4.98 Å². The molecule has 20 heavy (non-hydrogen) atoms. The first-order chi connectivity index (χ1) is 9.58. The summed E-state index contributed by atoms with van der Waals surface area (Å²) in [5.41, 5.74) is -0.0348. The Morgan fingerprint density at radius 1 is 1.60 bits per heavy atom. The first-order valence-corrected chi connectivity index (χ1v) is 7.17. The Hall–Kier alpha value is -1.40. The Morgan fingerprint density at radius 3 is 3.05 bits per heavy atom. The Balaban J connectivity index is 2.08. The number of likely N-dealkylation sites (N-methyl/N-ethyl adjacent to an activating group) is 1. The summed E-state index contributed by atoms with van der Waals surface area (Å²) in [6, 6.07) is 0. The molecule has 6 heteroatoms. The lowest BCUT2D eigenvalue weighted by Crippen LogP contribution is -2.45. The Kier molecular flexibility index (Phi) is 5.14. The van der Waals surface area contributed by atoms with Crippen LogP contribution in [0.4, 0.5) is 5.82 Å². The summed E-state index contributed by atoms with van der Waals surface area (Å²) >= 11 is 0. The van der Waals surface area contributed by atoms with Crippen LogP contribution >= 0.6 is 0 Å². The van der Waals surface area contributed by atoms with Gasteiger partial charge in [0, 0.05) is 45.6 Å². The Bertz CT molecular complexity index is 480. The first-order valence-electron chi connectivity index (χ1n) is 7.17. The van der Waals surface area contributed by atoms with E-state index < -0.39 is 0 Å². The minimum atomic E-state index is -0.0348. The average Bonchev–Trinajstić information content (AvgIpc) is 2.41. The van der Waals surface area contributed by atoms with Crippen molar-refractivity contribution >= 4 is 5.82 Å². The third-order valence-electron chi connectivity index (χ3n) is 3.30. The molecule has 1 aliphatic heterocycles. The van der Waals surface area contributed by atoms with Gasteiger partial charge in [-0.2, -0.15) is 0 Å². The maximum absolute atomic E-state index is 12.4. The fourth-order valence-corrected chi connectivity index (χ4v) is 2.36. The molecule has 1 unspecified atom stereocenters. The predicted octanol–water partition coefficient (Wildman–Crippen LogP) is 0.324. The van der Waals surface area contributed by atoms with E-state index in [0.717, 1.165) is 19.7 Å². The number of anilines is 1. The van der Waals surface area contributed by atoms with Crippen molar-refractivity contribution in [2.45, 2.75) is 26.5 Å². The number of nitrogens with one attached hydrogen (secondary N) is 1. The van der Waals surface area contributed by atoms with Crippen molar-refractivity contribution in [3.8, 4) is 0 Å². The highest BCUT2D eigenvalue weighted by Crippen LogP contribution is 2.06. The van der Waals surface area contributed by atoms with Crippen LogP contribution in [0.5, 0.6) is 0 Å². The van der Waals surface area contributed by atoms with Gasteiger partial charge in [0.25, 0.3) is 5.56 Å². The van der Waals surface area contributed by atoms with E-state index in [1.54, 1.807) is 17.0 Å². The number of aromatic nitrogens is 2. The second-order valence-electron chi connectivity index (χ2n) is 5.68. The van der Waals surface area contributed by atoms with Crippen LogP contribution < -0.4 is 15.8 Å². The quantitative estimate of drug-likeness (QED) is 0.842. The van der Waals surface area contributed by atoms with Crippen LogP contribution in [0, 0.1) is 5.92 Å². The third kappa shape index (κ3) is 3.80. The van der Waals surface area contributed by atoms with Crippen molar-refractivity contribution < 1.29 is 4.74 Å². The van der Waals surface area contributed by atoms with E-state index in [4.69, 9.17) is 4.74 Å². The van der Waals surface area contributed by atoms with Crippen LogP contribution in [0.1, 0.15) is 13.8 Å². The highest BCUT2D eigenvalue weighted by Gasteiger charge is 2.18. The maximum atomic E-state index is 12.4. The molecule has 0 spiro atoms. The lowest BCUT2D eigenvalue weighted by atomic mass is 10.2. The SMILES string of the molecule is CC(C)Cn1ccnc(N(C)CC2CNCCO2)c1=O. The van der Waals surface area contributed by atoms with E-state index in [9.17, 15) is 4.79 Å². The van der Waals surface area contributed by atoms with Gasteiger partial charge in [-0.3, -0.25) is 4.79 Å². The monoisotopic (exact) mass is 280 g/mol. The van der Waals surface area contributed by atoms with Crippen LogP contribution in [0.25, 0.3) is 0 Å². The van der Waals surface area contributed by atoms with Gasteiger partial charge in [0.15, 0.2) is 5.82 Å². The molecule has 0 aliphatic carbocycles. The van der Waals surface area contributed by atoms with E-state index in [2.05, 4.69) is 24.1 Å². The van der Waals surface area contributed by atoms with Gasteiger partial charge in [-0.05, 0) is 5.92 Å². The molecule has 0 bridgehead atoms. The third-order valence-corrected chi connectivity index (χ3v) is 3.30. The smallest absolute Gasteiger partial charge is 0.293 e. The van der Waals surface area contributed by atoms with Crippen molar-refractivity contribution in [3.63, 3.8) is 0 Å². The van der Waals surface area contributed by atoms with Gasteiger partial charge >= 0.3 is 0 Å². The van der Waals surface area contributed by atoms with Crippen molar-refractivity contribution in [1.82, 2.24) is 14.9 Å². The first kappa shape index (κ1) is 15.0. The lowest BCUT2D eigenvalue weighted by molar-refractivity contribution is 0.0339. The Morgan fingerprint density at radius 2 is 2.40 bits per heavy atom. The molecule has 1 N–H and O–H groups in total. The molecule has 1 fully saturated rings. The molecule has 112 valence electrons. The van der Waals surface area contributed by atoms with E-state index in [0.29, 0.717) is 24.8 Å². The molecule has 1 aromatic rings. The Labute approximate surface area is 119 Å². The summed E-state index contributed by atoms with van der Waals surface area (Å²) in [5.74, 6) is 0.918. The van der Waals surface area contributed by atoms with E-state index in [-0.39, 0.29) is 11.7 Å². The second kappa shape index (κ2) is 6.85. The van der Waals surface area contributed by atoms with Gasteiger partial charge in [0.05, 0.1) is 12.7 Å². The zero-order valence-corrected chi connectivity index (χ0v) is 12.5. The van der Waals surface area contributed by atoms with E-state index in [1.807, 2.05) is 11.9 Å². The average molecular weight is 280 g/mol. The number of hydrogen-bond acceptors (Lipinski definition) is 5. The molecule has 0 saturated carbocycles. The van der Waals surface area contributed by atoms with Crippen LogP contribution in [-0.2, 0) is 11.3 Å². The summed E-state index contributed by atoms with van der Waals surface area (Å²) in [6.07, 6.45) is 3.54. The summed E-state index contributed by atoms with van der Waals surface area (Å²) in [7, 11) is 1.89. The molecular weight excluding hydrogens is 256 g/mol. The molecule has 1 aromatic heterocycles. The normalized spacial score (nSPS) is 19.3. The molecule has 6 nitrogen and oxygen atoms in total. The van der Waals surface area contributed by atoms with Crippen molar-refractivity contribution in [2.24, 2.45) is 5.92 Å². The summed E-state index contributed by atoms with van der Waals surface area (Å²) in [6.45, 7) is 8.00. The number of morpholine rings is 1. The highest BCUT2D eigenvalue weighted by molar-refractivity contribution is 5.34. The summed E-state index contributed by atoms with van der Waals surface area (Å²) < 4.78 is 7.39. The number of nitrogens with zero attached hydrogens (tertiary/aromatic N) is 3. The second-order valence-corrected chi connectivity index (χ2v) is 5.68. The fraction of sp³-hybridized carbons (Fsp3) is 0.714. The van der Waals surface area contributed by atoms with E-state index in [1.165, 1.54) is 0 Å². The van der Waals surface area contributed by atoms with Crippen LogP contribution in [-0.4, -0.2) is 48.9 Å². The van der Waals surface area contributed by atoms with Crippen molar-refractivity contribution in [2.75, 3.05) is 38.2 Å². The minimum Gasteiger partial charge on any atom is -0.374 e. The minimum absolute atomic E-state index is 0.0348. The topological polar surface area (TPSA) is 59.4 Å². The molecular formula is C14H24N4O2. The van der Waals surface area contributed by atoms with Crippen LogP contribution in [0.3, 0.4) is 0 Å². The van der Waals surface area contributed by atoms with Gasteiger partial charge in [0.1, 0.15) is 0 Å². The van der Waals surface area contributed by atoms with Crippen LogP contribution in [0.2, 0.25) is 0 Å². The van der Waals surface area contributed by atoms with Gasteiger partial charge in [0.2, 0.25) is 0 Å². The number of rotatable bonds is 5. The fourth-order valence-electron chi connectivity index (χ4n) is 2.36. The predicted molar refractivity (Wildman–Crippen MR) is 79.2 cm³/mol. The largest absolute Gasteiger partial charge is 0.374 e.